The minimum absolute atomic E-state index is 0.0573. The van der Waals surface area contributed by atoms with E-state index >= 15 is 0 Å². The molecule has 0 bridgehead atoms. The van der Waals surface area contributed by atoms with Gasteiger partial charge < -0.3 is 5.32 Å². The van der Waals surface area contributed by atoms with E-state index in [0.717, 1.165) is 12.0 Å². The second-order valence-electron chi connectivity index (χ2n) is 6.08. The van der Waals surface area contributed by atoms with Crippen molar-refractivity contribution in [2.75, 3.05) is 6.54 Å². The quantitative estimate of drug-likeness (QED) is 0.330. The lowest BCUT2D eigenvalue weighted by molar-refractivity contribution is -0.140. The number of hydrogen-bond acceptors (Lipinski definition) is 3. The lowest BCUT2D eigenvalue weighted by Gasteiger charge is -2.35. The average molecular weight is 255 g/mol. The number of carbonyl (C=O) groups excluding carboxylic acids is 1. The summed E-state index contributed by atoms with van der Waals surface area (Å²) >= 11 is 0. The zero-order valence-corrected chi connectivity index (χ0v) is 12.7. The normalized spacial score (nSPS) is 15.1. The van der Waals surface area contributed by atoms with Gasteiger partial charge in [0.25, 0.3) is 5.91 Å². The fraction of sp³-hybridized carbons (Fsp3) is 0.786. The Kier molecular flexibility index (Phi) is 6.57. The first-order chi connectivity index (χ1) is 8.11. The van der Waals surface area contributed by atoms with Crippen molar-refractivity contribution in [2.45, 2.75) is 59.5 Å². The van der Waals surface area contributed by atoms with Gasteiger partial charge in [0.1, 0.15) is 0 Å². The third-order valence-corrected chi connectivity index (χ3v) is 3.06. The highest BCUT2D eigenvalue weighted by molar-refractivity contribution is 5.82. The van der Waals surface area contributed by atoms with Gasteiger partial charge in [-0.15, -0.1) is 0 Å². The summed E-state index contributed by atoms with van der Waals surface area (Å²) in [6.45, 7) is 16.3. The van der Waals surface area contributed by atoms with Crippen LogP contribution in [0.1, 0.15) is 48.0 Å². The van der Waals surface area contributed by atoms with E-state index in [9.17, 15) is 4.79 Å². The molecule has 0 aliphatic heterocycles. The molecule has 3 N–H and O–H groups in total. The van der Waals surface area contributed by atoms with E-state index in [1.165, 1.54) is 5.01 Å². The molecule has 0 fully saturated rings. The van der Waals surface area contributed by atoms with Crippen molar-refractivity contribution >= 4 is 5.91 Å². The molecule has 0 aromatic rings. The number of carbonyl (C=O) groups is 1. The highest BCUT2D eigenvalue weighted by Gasteiger charge is 2.32. The number of hydrogen-bond donors (Lipinski definition) is 2. The second-order valence-corrected chi connectivity index (χ2v) is 6.08. The Morgan fingerprint density at radius 2 is 1.94 bits per heavy atom. The van der Waals surface area contributed by atoms with Gasteiger partial charge in [-0.3, -0.25) is 9.80 Å². The highest BCUT2D eigenvalue weighted by Crippen LogP contribution is 2.15. The maximum atomic E-state index is 12.4. The Morgan fingerprint density at radius 1 is 1.44 bits per heavy atom. The highest BCUT2D eigenvalue weighted by atomic mass is 16.2. The zero-order chi connectivity index (χ0) is 14.5. The Hall–Kier alpha value is -0.870. The first-order valence-corrected chi connectivity index (χ1v) is 6.57. The van der Waals surface area contributed by atoms with Crippen molar-refractivity contribution in [1.29, 1.82) is 0 Å². The van der Waals surface area contributed by atoms with E-state index in [2.05, 4.69) is 25.7 Å². The third kappa shape index (κ3) is 5.19. The minimum Gasteiger partial charge on any atom is -0.302 e. The lowest BCUT2D eigenvalue weighted by atomic mass is 9.96. The van der Waals surface area contributed by atoms with Gasteiger partial charge in [-0.1, -0.05) is 32.4 Å². The van der Waals surface area contributed by atoms with Gasteiger partial charge in [0.15, 0.2) is 0 Å². The molecule has 4 nitrogen and oxygen atoms in total. The van der Waals surface area contributed by atoms with Crippen molar-refractivity contribution < 1.29 is 4.79 Å². The van der Waals surface area contributed by atoms with Crippen molar-refractivity contribution in [1.82, 2.24) is 10.3 Å². The molecule has 2 atom stereocenters. The summed E-state index contributed by atoms with van der Waals surface area (Å²) in [5.74, 6) is 6.10. The summed E-state index contributed by atoms with van der Waals surface area (Å²) in [5.41, 5.74) is 0.642. The molecule has 18 heavy (non-hydrogen) atoms. The average Bonchev–Trinajstić information content (AvgIpc) is 2.25. The monoisotopic (exact) mass is 255 g/mol. The summed E-state index contributed by atoms with van der Waals surface area (Å²) in [5, 5.41) is 4.58. The largest absolute Gasteiger partial charge is 0.302 e. The first-order valence-electron chi connectivity index (χ1n) is 6.57. The maximum Gasteiger partial charge on any atom is 0.254 e. The molecular formula is C14H29N3O. The summed E-state index contributed by atoms with van der Waals surface area (Å²) in [7, 11) is 0. The van der Waals surface area contributed by atoms with Crippen LogP contribution in [-0.4, -0.2) is 29.0 Å². The summed E-state index contributed by atoms with van der Waals surface area (Å²) in [6.07, 6.45) is 0.928. The Morgan fingerprint density at radius 3 is 2.28 bits per heavy atom. The molecule has 0 aromatic carbocycles. The molecule has 0 saturated carbocycles. The molecule has 4 heteroatoms. The van der Waals surface area contributed by atoms with Gasteiger partial charge in [0.2, 0.25) is 0 Å². The topological polar surface area (TPSA) is 58.4 Å². The third-order valence-electron chi connectivity index (χ3n) is 3.06. The smallest absolute Gasteiger partial charge is 0.254 e. The zero-order valence-electron chi connectivity index (χ0n) is 12.7. The van der Waals surface area contributed by atoms with E-state index in [1.54, 1.807) is 0 Å². The SMILES string of the molecule is C=C(C)CNC(C(=O)N(N)C(C)(C)C)C(C)CC. The fourth-order valence-electron chi connectivity index (χ4n) is 1.53. The van der Waals surface area contributed by atoms with Crippen molar-refractivity contribution in [3.8, 4) is 0 Å². The number of nitrogens with zero attached hydrogens (tertiary/aromatic N) is 1. The molecule has 1 amide bonds. The van der Waals surface area contributed by atoms with Crippen LogP contribution in [0.3, 0.4) is 0 Å². The standard InChI is InChI=1S/C14H29N3O/c1-8-11(4)12(16-9-10(2)3)13(18)17(15)14(5,6)7/h11-12,16H,2,8-9,15H2,1,3-7H3. The fourth-order valence-corrected chi connectivity index (χ4v) is 1.53. The Bertz CT molecular complexity index is 294. The van der Waals surface area contributed by atoms with E-state index in [-0.39, 0.29) is 23.4 Å². The van der Waals surface area contributed by atoms with Gasteiger partial charge in [-0.05, 0) is 33.6 Å². The van der Waals surface area contributed by atoms with Crippen LogP contribution in [0, 0.1) is 5.92 Å². The summed E-state index contributed by atoms with van der Waals surface area (Å²) in [4.78, 5) is 12.4. The van der Waals surface area contributed by atoms with Crippen LogP contribution in [0.25, 0.3) is 0 Å². The van der Waals surface area contributed by atoms with Gasteiger partial charge in [-0.25, -0.2) is 5.84 Å². The second kappa shape index (κ2) is 6.90. The lowest BCUT2D eigenvalue weighted by Crippen LogP contribution is -2.58. The van der Waals surface area contributed by atoms with Gasteiger partial charge in [0.05, 0.1) is 11.6 Å². The van der Waals surface area contributed by atoms with Crippen molar-refractivity contribution in [2.24, 2.45) is 11.8 Å². The Labute approximate surface area is 112 Å². The molecule has 106 valence electrons. The minimum atomic E-state index is -0.367. The molecule has 0 rings (SSSR count). The van der Waals surface area contributed by atoms with E-state index in [0.29, 0.717) is 6.54 Å². The molecule has 0 radical (unpaired) electrons. The summed E-state index contributed by atoms with van der Waals surface area (Å²) in [6, 6.07) is -0.254. The summed E-state index contributed by atoms with van der Waals surface area (Å²) < 4.78 is 0. The molecule has 2 unspecified atom stereocenters. The molecule has 0 aromatic heterocycles. The Balaban J connectivity index is 4.85. The molecule has 0 aliphatic rings. The van der Waals surface area contributed by atoms with Crippen molar-refractivity contribution in [3.05, 3.63) is 12.2 Å². The van der Waals surface area contributed by atoms with Crippen molar-refractivity contribution in [3.63, 3.8) is 0 Å². The molecule has 0 aliphatic carbocycles. The predicted molar refractivity (Wildman–Crippen MR) is 76.8 cm³/mol. The van der Waals surface area contributed by atoms with E-state index < -0.39 is 0 Å². The molecule has 0 spiro atoms. The van der Waals surface area contributed by atoms with Crippen LogP contribution in [0.4, 0.5) is 0 Å². The van der Waals surface area contributed by atoms with Crippen LogP contribution in [-0.2, 0) is 4.79 Å². The van der Waals surface area contributed by atoms with Crippen LogP contribution < -0.4 is 11.2 Å². The van der Waals surface area contributed by atoms with Crippen LogP contribution >= 0.6 is 0 Å². The van der Waals surface area contributed by atoms with Crippen LogP contribution in [0.15, 0.2) is 12.2 Å². The number of nitrogens with two attached hydrogens (primary N) is 1. The van der Waals surface area contributed by atoms with E-state index in [4.69, 9.17) is 5.84 Å². The first kappa shape index (κ1) is 17.1. The van der Waals surface area contributed by atoms with E-state index in [1.807, 2.05) is 27.7 Å². The molecule has 0 saturated heterocycles. The number of amides is 1. The van der Waals surface area contributed by atoms with Gasteiger partial charge in [-0.2, -0.15) is 0 Å². The number of nitrogens with one attached hydrogen (secondary N) is 1. The maximum absolute atomic E-state index is 12.4. The van der Waals surface area contributed by atoms with Gasteiger partial charge >= 0.3 is 0 Å². The number of hydrazine groups is 1. The van der Waals surface area contributed by atoms with Gasteiger partial charge in [0, 0.05) is 6.54 Å². The van der Waals surface area contributed by atoms with Crippen LogP contribution in [0.5, 0.6) is 0 Å². The number of rotatable bonds is 6. The molecule has 0 heterocycles. The molecular weight excluding hydrogens is 226 g/mol. The van der Waals surface area contributed by atoms with Crippen LogP contribution in [0.2, 0.25) is 0 Å². The predicted octanol–water partition coefficient (Wildman–Crippen LogP) is 2.07.